The SMILES string of the molecule is C=C[C@@H](C)c1cccc(C)c1. The Bertz CT molecular complexity index is 248. The molecule has 0 unspecified atom stereocenters. The molecule has 0 heteroatoms. The summed E-state index contributed by atoms with van der Waals surface area (Å²) in [7, 11) is 0. The third-order valence-electron chi connectivity index (χ3n) is 1.92. The van der Waals surface area contributed by atoms with Gasteiger partial charge < -0.3 is 0 Å². The molecule has 0 saturated carbocycles. The van der Waals surface area contributed by atoms with Crippen molar-refractivity contribution in [1.82, 2.24) is 0 Å². The Balaban J connectivity index is 2.95. The van der Waals surface area contributed by atoms with Crippen molar-refractivity contribution in [3.63, 3.8) is 0 Å². The molecule has 0 heterocycles. The van der Waals surface area contributed by atoms with E-state index in [0.29, 0.717) is 5.92 Å². The van der Waals surface area contributed by atoms with Gasteiger partial charge in [0.05, 0.1) is 0 Å². The molecule has 0 aromatic heterocycles. The topological polar surface area (TPSA) is 0 Å². The first-order chi connectivity index (χ1) is 5.24. The highest BCUT2D eigenvalue weighted by Gasteiger charge is 1.98. The van der Waals surface area contributed by atoms with Crippen LogP contribution in [0.1, 0.15) is 24.0 Å². The fourth-order valence-electron chi connectivity index (χ4n) is 1.09. The lowest BCUT2D eigenvalue weighted by atomic mass is 10.00. The predicted octanol–water partition coefficient (Wildman–Crippen LogP) is 3.28. The largest absolute Gasteiger partial charge is 0.102 e. The molecule has 1 aromatic carbocycles. The van der Waals surface area contributed by atoms with Crippen molar-refractivity contribution in [2.45, 2.75) is 19.8 Å². The molecule has 1 rings (SSSR count). The van der Waals surface area contributed by atoms with E-state index in [2.05, 4.69) is 44.7 Å². The molecule has 0 nitrogen and oxygen atoms in total. The first-order valence-electron chi connectivity index (χ1n) is 3.93. The normalized spacial score (nSPS) is 12.5. The third kappa shape index (κ3) is 1.94. The van der Waals surface area contributed by atoms with E-state index in [4.69, 9.17) is 0 Å². The maximum absolute atomic E-state index is 3.77. The minimum absolute atomic E-state index is 0.467. The van der Waals surface area contributed by atoms with Crippen molar-refractivity contribution < 1.29 is 0 Å². The van der Waals surface area contributed by atoms with Crippen LogP contribution in [-0.4, -0.2) is 0 Å². The summed E-state index contributed by atoms with van der Waals surface area (Å²) in [6.45, 7) is 8.03. The molecule has 0 spiro atoms. The van der Waals surface area contributed by atoms with Crippen molar-refractivity contribution >= 4 is 0 Å². The van der Waals surface area contributed by atoms with Gasteiger partial charge >= 0.3 is 0 Å². The number of benzene rings is 1. The van der Waals surface area contributed by atoms with Crippen molar-refractivity contribution in [3.05, 3.63) is 48.0 Å². The summed E-state index contributed by atoms with van der Waals surface area (Å²) in [5, 5.41) is 0. The van der Waals surface area contributed by atoms with Gasteiger partial charge in [-0.3, -0.25) is 0 Å². The maximum atomic E-state index is 3.77. The second kappa shape index (κ2) is 3.38. The fourth-order valence-corrected chi connectivity index (χ4v) is 1.09. The summed E-state index contributed by atoms with van der Waals surface area (Å²) >= 11 is 0. The average Bonchev–Trinajstić information content (AvgIpc) is 2.03. The third-order valence-corrected chi connectivity index (χ3v) is 1.92. The van der Waals surface area contributed by atoms with Crippen LogP contribution in [0.5, 0.6) is 0 Å². The molecule has 0 N–H and O–H groups in total. The molecule has 0 aliphatic carbocycles. The zero-order valence-corrected chi connectivity index (χ0v) is 7.17. The van der Waals surface area contributed by atoms with Gasteiger partial charge in [-0.15, -0.1) is 6.58 Å². The molecule has 0 radical (unpaired) electrons. The Kier molecular flexibility index (Phi) is 2.48. The number of allylic oxidation sites excluding steroid dienone is 1. The van der Waals surface area contributed by atoms with Crippen molar-refractivity contribution in [2.24, 2.45) is 0 Å². The molecule has 0 aliphatic rings. The van der Waals surface area contributed by atoms with Gasteiger partial charge in [0, 0.05) is 0 Å². The van der Waals surface area contributed by atoms with Crippen LogP contribution in [-0.2, 0) is 0 Å². The minimum Gasteiger partial charge on any atom is -0.102 e. The Morgan fingerprint density at radius 1 is 1.45 bits per heavy atom. The number of hydrogen-bond acceptors (Lipinski definition) is 0. The first-order valence-corrected chi connectivity index (χ1v) is 3.93. The van der Waals surface area contributed by atoms with E-state index in [9.17, 15) is 0 Å². The van der Waals surface area contributed by atoms with E-state index in [0.717, 1.165) is 0 Å². The van der Waals surface area contributed by atoms with Gasteiger partial charge in [-0.1, -0.05) is 42.8 Å². The van der Waals surface area contributed by atoms with E-state index < -0.39 is 0 Å². The van der Waals surface area contributed by atoms with Crippen LogP contribution in [0, 0.1) is 6.92 Å². The van der Waals surface area contributed by atoms with Crippen molar-refractivity contribution in [2.75, 3.05) is 0 Å². The van der Waals surface area contributed by atoms with Gasteiger partial charge in [0.15, 0.2) is 0 Å². The van der Waals surface area contributed by atoms with Crippen LogP contribution in [0.15, 0.2) is 36.9 Å². The Hall–Kier alpha value is -1.04. The summed E-state index contributed by atoms with van der Waals surface area (Å²) in [5.74, 6) is 0.467. The average molecular weight is 146 g/mol. The van der Waals surface area contributed by atoms with Crippen LogP contribution < -0.4 is 0 Å². The molecule has 0 amide bonds. The molecule has 0 fully saturated rings. The standard InChI is InChI=1S/C11H14/c1-4-10(3)11-7-5-6-9(2)8-11/h4-8,10H,1H2,2-3H3/t10-/m1/s1. The molecular weight excluding hydrogens is 132 g/mol. The van der Waals surface area contributed by atoms with Crippen LogP contribution in [0.25, 0.3) is 0 Å². The van der Waals surface area contributed by atoms with Crippen LogP contribution >= 0.6 is 0 Å². The van der Waals surface area contributed by atoms with Gasteiger partial charge in [0.1, 0.15) is 0 Å². The monoisotopic (exact) mass is 146 g/mol. The summed E-state index contributed by atoms with van der Waals surface area (Å²) in [6.07, 6.45) is 1.97. The molecule has 1 atom stereocenters. The van der Waals surface area contributed by atoms with E-state index in [-0.39, 0.29) is 0 Å². The summed E-state index contributed by atoms with van der Waals surface area (Å²) in [6, 6.07) is 8.54. The molecule has 11 heavy (non-hydrogen) atoms. The summed E-state index contributed by atoms with van der Waals surface area (Å²) < 4.78 is 0. The quantitative estimate of drug-likeness (QED) is 0.562. The van der Waals surface area contributed by atoms with Gasteiger partial charge in [0.25, 0.3) is 0 Å². The first kappa shape index (κ1) is 8.06. The molecule has 0 saturated heterocycles. The maximum Gasteiger partial charge on any atom is -0.00130 e. The van der Waals surface area contributed by atoms with Crippen LogP contribution in [0.2, 0.25) is 0 Å². The van der Waals surface area contributed by atoms with Gasteiger partial charge in [-0.05, 0) is 18.4 Å². The lowest BCUT2D eigenvalue weighted by molar-refractivity contribution is 0.968. The lowest BCUT2D eigenvalue weighted by Crippen LogP contribution is -1.87. The zero-order valence-electron chi connectivity index (χ0n) is 7.17. The van der Waals surface area contributed by atoms with Gasteiger partial charge in [0.2, 0.25) is 0 Å². The predicted molar refractivity (Wildman–Crippen MR) is 49.8 cm³/mol. The van der Waals surface area contributed by atoms with Crippen LogP contribution in [0.3, 0.4) is 0 Å². The van der Waals surface area contributed by atoms with E-state index in [1.54, 1.807) is 0 Å². The number of aryl methyl sites for hydroxylation is 1. The fraction of sp³-hybridized carbons (Fsp3) is 0.273. The Morgan fingerprint density at radius 2 is 2.18 bits per heavy atom. The van der Waals surface area contributed by atoms with Crippen molar-refractivity contribution in [3.8, 4) is 0 Å². The minimum atomic E-state index is 0.467. The highest BCUT2D eigenvalue weighted by molar-refractivity contribution is 5.27. The molecular formula is C11H14. The number of hydrogen-bond donors (Lipinski definition) is 0. The highest BCUT2D eigenvalue weighted by Crippen LogP contribution is 2.16. The summed E-state index contributed by atoms with van der Waals surface area (Å²) in [4.78, 5) is 0. The molecule has 0 bridgehead atoms. The van der Waals surface area contributed by atoms with Gasteiger partial charge in [-0.2, -0.15) is 0 Å². The molecule has 58 valence electrons. The highest BCUT2D eigenvalue weighted by atomic mass is 14.0. The van der Waals surface area contributed by atoms with Gasteiger partial charge in [-0.25, -0.2) is 0 Å². The van der Waals surface area contributed by atoms with Crippen LogP contribution in [0.4, 0.5) is 0 Å². The van der Waals surface area contributed by atoms with E-state index in [1.165, 1.54) is 11.1 Å². The van der Waals surface area contributed by atoms with E-state index in [1.807, 2.05) is 6.08 Å². The molecule has 1 aromatic rings. The molecule has 0 aliphatic heterocycles. The smallest absolute Gasteiger partial charge is 0.00130 e. The van der Waals surface area contributed by atoms with E-state index >= 15 is 0 Å². The Morgan fingerprint density at radius 3 is 2.73 bits per heavy atom. The Labute approximate surface area is 68.6 Å². The van der Waals surface area contributed by atoms with Crippen molar-refractivity contribution in [1.29, 1.82) is 0 Å². The second-order valence-electron chi connectivity index (χ2n) is 2.94. The summed E-state index contributed by atoms with van der Waals surface area (Å²) in [5.41, 5.74) is 2.66. The second-order valence-corrected chi connectivity index (χ2v) is 2.94. The zero-order chi connectivity index (χ0) is 8.27. The number of rotatable bonds is 2. The lowest BCUT2D eigenvalue weighted by Gasteiger charge is -2.05.